The Kier molecular flexibility index (Phi) is 8.82. The van der Waals surface area contributed by atoms with E-state index in [1.807, 2.05) is 6.92 Å². The van der Waals surface area contributed by atoms with E-state index in [9.17, 15) is 4.79 Å². The summed E-state index contributed by atoms with van der Waals surface area (Å²) in [5.74, 6) is 0.954. The van der Waals surface area contributed by atoms with Crippen molar-refractivity contribution in [1.29, 1.82) is 0 Å². The molecule has 2 aromatic rings. The van der Waals surface area contributed by atoms with Crippen molar-refractivity contribution in [2.24, 2.45) is 0 Å². The number of anilines is 1. The van der Waals surface area contributed by atoms with Crippen molar-refractivity contribution in [2.45, 2.75) is 13.5 Å². The zero-order valence-corrected chi connectivity index (χ0v) is 17.4. The van der Waals surface area contributed by atoms with Gasteiger partial charge in [-0.15, -0.1) is 12.4 Å². The highest BCUT2D eigenvalue weighted by Gasteiger charge is 2.16. The Morgan fingerprint density at radius 1 is 1.07 bits per heavy atom. The second-order valence-electron chi connectivity index (χ2n) is 5.30. The highest BCUT2D eigenvalue weighted by atomic mass is 35.5. The van der Waals surface area contributed by atoms with Crippen LogP contribution < -0.4 is 25.3 Å². The zero-order valence-electron chi connectivity index (χ0n) is 15.1. The van der Waals surface area contributed by atoms with Crippen LogP contribution in [0, 0.1) is 0 Å². The number of methoxy groups -OCH3 is 2. The molecule has 27 heavy (non-hydrogen) atoms. The normalized spacial score (nSPS) is 9.96. The van der Waals surface area contributed by atoms with E-state index in [1.54, 1.807) is 12.1 Å². The van der Waals surface area contributed by atoms with Gasteiger partial charge in [-0.25, -0.2) is 0 Å². The van der Waals surface area contributed by atoms with E-state index < -0.39 is 0 Å². The predicted molar refractivity (Wildman–Crippen MR) is 110 cm³/mol. The van der Waals surface area contributed by atoms with E-state index in [-0.39, 0.29) is 35.4 Å². The summed E-state index contributed by atoms with van der Waals surface area (Å²) in [6.45, 7) is 2.55. The summed E-state index contributed by atoms with van der Waals surface area (Å²) in [5.41, 5.74) is 7.11. The van der Waals surface area contributed by atoms with Gasteiger partial charge in [0.1, 0.15) is 5.75 Å². The van der Waals surface area contributed by atoms with Crippen LogP contribution in [0.2, 0.25) is 10.0 Å². The Bertz CT molecular complexity index is 816. The first-order chi connectivity index (χ1) is 12.4. The van der Waals surface area contributed by atoms with Gasteiger partial charge in [-0.1, -0.05) is 23.2 Å². The third kappa shape index (κ3) is 5.48. The minimum absolute atomic E-state index is 0. The van der Waals surface area contributed by atoms with Crippen molar-refractivity contribution < 1.29 is 19.0 Å². The lowest BCUT2D eigenvalue weighted by Crippen LogP contribution is -2.23. The van der Waals surface area contributed by atoms with Crippen LogP contribution in [0.3, 0.4) is 0 Å². The molecule has 0 spiro atoms. The molecule has 0 aliphatic carbocycles. The summed E-state index contributed by atoms with van der Waals surface area (Å²) in [4.78, 5) is 12.5. The molecule has 9 heteroatoms. The minimum Gasteiger partial charge on any atom is -0.496 e. The van der Waals surface area contributed by atoms with E-state index in [0.717, 1.165) is 5.56 Å². The maximum absolute atomic E-state index is 12.5. The summed E-state index contributed by atoms with van der Waals surface area (Å²) < 4.78 is 16.0. The van der Waals surface area contributed by atoms with Crippen LogP contribution in [0.25, 0.3) is 0 Å². The maximum Gasteiger partial charge on any atom is 0.255 e. The molecular weight excluding hydrogens is 415 g/mol. The molecule has 0 radical (unpaired) electrons. The van der Waals surface area contributed by atoms with Crippen molar-refractivity contribution in [1.82, 2.24) is 5.32 Å². The van der Waals surface area contributed by atoms with Crippen molar-refractivity contribution >= 4 is 47.2 Å². The molecule has 0 aliphatic heterocycles. The second kappa shape index (κ2) is 10.3. The second-order valence-corrected chi connectivity index (χ2v) is 6.11. The number of nitrogens with two attached hydrogens (primary N) is 1. The average molecular weight is 436 g/mol. The number of amides is 1. The molecule has 148 valence electrons. The van der Waals surface area contributed by atoms with Crippen molar-refractivity contribution in [3.8, 4) is 17.2 Å². The Morgan fingerprint density at radius 3 is 2.33 bits per heavy atom. The average Bonchev–Trinajstić information content (AvgIpc) is 2.63. The van der Waals surface area contributed by atoms with E-state index >= 15 is 0 Å². The standard InChI is InChI=1S/C18H20Cl2N2O4.ClH/c1-4-26-17-13(20)5-10(6-16(17)25-3)9-22-18(23)11-7-12(19)14(21)8-15(11)24-2;/h5-8H,4,9,21H2,1-3H3,(H,22,23);1H. The number of hydrogen-bond donors (Lipinski definition) is 2. The molecule has 0 saturated carbocycles. The molecule has 0 aliphatic rings. The molecule has 2 rings (SSSR count). The Hall–Kier alpha value is -2.02. The summed E-state index contributed by atoms with van der Waals surface area (Å²) in [7, 11) is 2.98. The van der Waals surface area contributed by atoms with Gasteiger partial charge in [0.15, 0.2) is 11.5 Å². The molecule has 0 bridgehead atoms. The van der Waals surface area contributed by atoms with Gasteiger partial charge < -0.3 is 25.3 Å². The van der Waals surface area contributed by atoms with Crippen LogP contribution >= 0.6 is 35.6 Å². The molecule has 0 saturated heterocycles. The van der Waals surface area contributed by atoms with Gasteiger partial charge in [0.05, 0.1) is 42.1 Å². The van der Waals surface area contributed by atoms with Crippen molar-refractivity contribution in [2.75, 3.05) is 26.6 Å². The van der Waals surface area contributed by atoms with Crippen LogP contribution in [-0.4, -0.2) is 26.7 Å². The van der Waals surface area contributed by atoms with Crippen LogP contribution in [-0.2, 0) is 6.54 Å². The number of carbonyl (C=O) groups excluding carboxylic acids is 1. The zero-order chi connectivity index (χ0) is 19.3. The number of ether oxygens (including phenoxy) is 3. The lowest BCUT2D eigenvalue weighted by molar-refractivity contribution is 0.0948. The third-order valence-corrected chi connectivity index (χ3v) is 4.20. The highest BCUT2D eigenvalue weighted by molar-refractivity contribution is 6.33. The lowest BCUT2D eigenvalue weighted by atomic mass is 10.1. The highest BCUT2D eigenvalue weighted by Crippen LogP contribution is 2.36. The van der Waals surface area contributed by atoms with Gasteiger partial charge in [0.25, 0.3) is 5.91 Å². The number of halogens is 3. The van der Waals surface area contributed by atoms with Gasteiger partial charge in [0, 0.05) is 12.6 Å². The summed E-state index contributed by atoms with van der Waals surface area (Å²) in [5, 5.41) is 3.48. The number of nitrogen functional groups attached to an aromatic ring is 1. The molecular formula is C18H21Cl3N2O4. The fourth-order valence-electron chi connectivity index (χ4n) is 2.35. The first-order valence-electron chi connectivity index (χ1n) is 7.81. The monoisotopic (exact) mass is 434 g/mol. The SMILES string of the molecule is CCOc1c(Cl)cc(CNC(=O)c2cc(Cl)c(N)cc2OC)cc1OC.Cl. The topological polar surface area (TPSA) is 82.8 Å². The summed E-state index contributed by atoms with van der Waals surface area (Å²) >= 11 is 12.2. The van der Waals surface area contributed by atoms with Crippen LogP contribution in [0.5, 0.6) is 17.2 Å². The minimum atomic E-state index is -0.354. The quantitative estimate of drug-likeness (QED) is 0.632. The number of benzene rings is 2. The summed E-state index contributed by atoms with van der Waals surface area (Å²) in [6.07, 6.45) is 0. The molecule has 1 amide bonds. The smallest absolute Gasteiger partial charge is 0.255 e. The van der Waals surface area contributed by atoms with Gasteiger partial charge in [-0.05, 0) is 30.7 Å². The number of carbonyl (C=O) groups is 1. The third-order valence-electron chi connectivity index (χ3n) is 3.59. The van der Waals surface area contributed by atoms with Crippen LogP contribution in [0.4, 0.5) is 5.69 Å². The van der Waals surface area contributed by atoms with E-state index in [1.165, 1.54) is 26.4 Å². The fraction of sp³-hybridized carbons (Fsp3) is 0.278. The van der Waals surface area contributed by atoms with Crippen LogP contribution in [0.15, 0.2) is 24.3 Å². The lowest BCUT2D eigenvalue weighted by Gasteiger charge is -2.14. The molecule has 0 atom stereocenters. The Morgan fingerprint density at radius 2 is 1.74 bits per heavy atom. The van der Waals surface area contributed by atoms with Gasteiger partial charge in [0.2, 0.25) is 0 Å². The number of rotatable bonds is 7. The number of hydrogen-bond acceptors (Lipinski definition) is 5. The van der Waals surface area contributed by atoms with E-state index in [2.05, 4.69) is 5.32 Å². The molecule has 3 N–H and O–H groups in total. The predicted octanol–water partition coefficient (Wildman–Crippen LogP) is 4.34. The molecule has 0 unspecified atom stereocenters. The van der Waals surface area contributed by atoms with Crippen LogP contribution in [0.1, 0.15) is 22.8 Å². The van der Waals surface area contributed by atoms with E-state index in [0.29, 0.717) is 34.6 Å². The van der Waals surface area contributed by atoms with E-state index in [4.69, 9.17) is 43.1 Å². The number of nitrogens with one attached hydrogen (secondary N) is 1. The van der Waals surface area contributed by atoms with Crippen molar-refractivity contribution in [3.05, 3.63) is 45.4 Å². The van der Waals surface area contributed by atoms with Gasteiger partial charge >= 0.3 is 0 Å². The first-order valence-corrected chi connectivity index (χ1v) is 8.57. The summed E-state index contributed by atoms with van der Waals surface area (Å²) in [6, 6.07) is 6.44. The Balaban J connectivity index is 0.00000364. The molecule has 6 nitrogen and oxygen atoms in total. The van der Waals surface area contributed by atoms with Gasteiger partial charge in [-0.3, -0.25) is 4.79 Å². The maximum atomic E-state index is 12.5. The molecule has 0 fully saturated rings. The Labute approximate surface area is 174 Å². The molecule has 0 aromatic heterocycles. The fourth-order valence-corrected chi connectivity index (χ4v) is 2.80. The first kappa shape index (κ1) is 23.0. The largest absolute Gasteiger partial charge is 0.496 e. The van der Waals surface area contributed by atoms with Gasteiger partial charge in [-0.2, -0.15) is 0 Å². The molecule has 2 aromatic carbocycles. The van der Waals surface area contributed by atoms with Crippen molar-refractivity contribution in [3.63, 3.8) is 0 Å². The molecule has 0 heterocycles.